The Hall–Kier alpha value is -2.37. The third kappa shape index (κ3) is 4.84. The van der Waals surface area contributed by atoms with Crippen LogP contribution in [0.25, 0.3) is 0 Å². The van der Waals surface area contributed by atoms with Crippen molar-refractivity contribution in [2.45, 2.75) is 46.1 Å². The normalized spacial score (nSPS) is 17.1. The Morgan fingerprint density at radius 3 is 2.42 bits per heavy atom. The zero-order chi connectivity index (χ0) is 19.3. The molecule has 2 rings (SSSR count). The van der Waals surface area contributed by atoms with Gasteiger partial charge in [-0.2, -0.15) is 0 Å². The van der Waals surface area contributed by atoms with Gasteiger partial charge in [0.2, 0.25) is 11.8 Å². The molecule has 1 aromatic carbocycles. The molecule has 6 nitrogen and oxygen atoms in total. The van der Waals surface area contributed by atoms with Crippen LogP contribution >= 0.6 is 0 Å². The van der Waals surface area contributed by atoms with E-state index < -0.39 is 5.41 Å². The average Bonchev–Trinajstić information content (AvgIpc) is 3.09. The van der Waals surface area contributed by atoms with Crippen LogP contribution < -0.4 is 5.32 Å². The van der Waals surface area contributed by atoms with Gasteiger partial charge in [-0.05, 0) is 37.0 Å². The fourth-order valence-electron chi connectivity index (χ4n) is 3.09. The Bertz CT molecular complexity index is 661. The SMILES string of the molecule is COC(=O)c1ccc(CCNC(=O)C2CCCN2C(=O)C(C)(C)C)cc1. The fourth-order valence-corrected chi connectivity index (χ4v) is 3.09. The van der Waals surface area contributed by atoms with Crippen molar-refractivity contribution in [3.8, 4) is 0 Å². The second-order valence-electron chi connectivity index (χ2n) is 7.64. The molecule has 1 saturated heterocycles. The van der Waals surface area contributed by atoms with Gasteiger partial charge in [-0.1, -0.05) is 32.9 Å². The van der Waals surface area contributed by atoms with Gasteiger partial charge in [-0.3, -0.25) is 9.59 Å². The maximum absolute atomic E-state index is 12.5. The molecular weight excluding hydrogens is 332 g/mol. The molecule has 0 bridgehead atoms. The first-order valence-electron chi connectivity index (χ1n) is 9.00. The molecule has 1 atom stereocenters. The van der Waals surface area contributed by atoms with Crippen LogP contribution in [0, 0.1) is 5.41 Å². The molecule has 2 amide bonds. The van der Waals surface area contributed by atoms with E-state index in [4.69, 9.17) is 0 Å². The number of nitrogens with zero attached hydrogens (tertiary/aromatic N) is 1. The highest BCUT2D eigenvalue weighted by molar-refractivity contribution is 5.90. The van der Waals surface area contributed by atoms with Crippen LogP contribution in [-0.4, -0.2) is 48.9 Å². The summed E-state index contributed by atoms with van der Waals surface area (Å²) in [6.07, 6.45) is 2.23. The van der Waals surface area contributed by atoms with Crippen molar-refractivity contribution < 1.29 is 19.1 Å². The Morgan fingerprint density at radius 2 is 1.85 bits per heavy atom. The summed E-state index contributed by atoms with van der Waals surface area (Å²) >= 11 is 0. The van der Waals surface area contributed by atoms with E-state index >= 15 is 0 Å². The molecule has 1 unspecified atom stereocenters. The first kappa shape index (κ1) is 19.9. The summed E-state index contributed by atoms with van der Waals surface area (Å²) in [7, 11) is 1.35. The lowest BCUT2D eigenvalue weighted by Crippen LogP contribution is -2.49. The van der Waals surface area contributed by atoms with E-state index in [1.807, 2.05) is 32.9 Å². The summed E-state index contributed by atoms with van der Waals surface area (Å²) in [5.41, 5.74) is 1.04. The number of nitrogens with one attached hydrogen (secondary N) is 1. The van der Waals surface area contributed by atoms with E-state index in [-0.39, 0.29) is 23.8 Å². The predicted molar refractivity (Wildman–Crippen MR) is 98.7 cm³/mol. The number of hydrogen-bond acceptors (Lipinski definition) is 4. The summed E-state index contributed by atoms with van der Waals surface area (Å²) in [6, 6.07) is 6.75. The van der Waals surface area contributed by atoms with Crippen molar-refractivity contribution >= 4 is 17.8 Å². The van der Waals surface area contributed by atoms with E-state index in [0.717, 1.165) is 12.0 Å². The van der Waals surface area contributed by atoms with E-state index in [0.29, 0.717) is 31.5 Å². The second-order valence-corrected chi connectivity index (χ2v) is 7.64. The Kier molecular flexibility index (Phi) is 6.40. The van der Waals surface area contributed by atoms with Crippen molar-refractivity contribution in [1.82, 2.24) is 10.2 Å². The monoisotopic (exact) mass is 360 g/mol. The van der Waals surface area contributed by atoms with E-state index in [1.54, 1.807) is 17.0 Å². The van der Waals surface area contributed by atoms with Gasteiger partial charge >= 0.3 is 5.97 Å². The third-order valence-electron chi connectivity index (χ3n) is 4.55. The smallest absolute Gasteiger partial charge is 0.337 e. The minimum atomic E-state index is -0.482. The Balaban J connectivity index is 1.86. The van der Waals surface area contributed by atoms with Gasteiger partial charge in [0.15, 0.2) is 0 Å². The number of ether oxygens (including phenoxy) is 1. The average molecular weight is 360 g/mol. The van der Waals surface area contributed by atoms with Crippen LogP contribution in [0.4, 0.5) is 0 Å². The number of methoxy groups -OCH3 is 1. The van der Waals surface area contributed by atoms with Gasteiger partial charge in [0.05, 0.1) is 12.7 Å². The Labute approximate surface area is 154 Å². The summed E-state index contributed by atoms with van der Waals surface area (Å²) in [5.74, 6) is -0.436. The maximum atomic E-state index is 12.5. The van der Waals surface area contributed by atoms with E-state index in [2.05, 4.69) is 10.1 Å². The van der Waals surface area contributed by atoms with Gasteiger partial charge < -0.3 is 15.0 Å². The molecule has 0 spiro atoms. The molecule has 0 aromatic heterocycles. The molecule has 1 aliphatic heterocycles. The predicted octanol–water partition coefficient (Wildman–Crippen LogP) is 2.17. The summed E-state index contributed by atoms with van der Waals surface area (Å²) in [4.78, 5) is 38.1. The molecule has 1 fully saturated rings. The quantitative estimate of drug-likeness (QED) is 0.817. The highest BCUT2D eigenvalue weighted by atomic mass is 16.5. The highest BCUT2D eigenvalue weighted by Crippen LogP contribution is 2.25. The number of esters is 1. The van der Waals surface area contributed by atoms with Gasteiger partial charge in [-0.15, -0.1) is 0 Å². The minimum absolute atomic E-state index is 0.0218. The van der Waals surface area contributed by atoms with Crippen molar-refractivity contribution in [3.05, 3.63) is 35.4 Å². The third-order valence-corrected chi connectivity index (χ3v) is 4.55. The molecule has 1 aromatic rings. The van der Waals surface area contributed by atoms with Crippen LogP contribution in [0.3, 0.4) is 0 Å². The lowest BCUT2D eigenvalue weighted by atomic mass is 9.94. The lowest BCUT2D eigenvalue weighted by molar-refractivity contribution is -0.144. The first-order chi connectivity index (χ1) is 12.2. The van der Waals surface area contributed by atoms with Crippen molar-refractivity contribution in [2.75, 3.05) is 20.2 Å². The van der Waals surface area contributed by atoms with Crippen LogP contribution in [-0.2, 0) is 20.7 Å². The van der Waals surface area contributed by atoms with Gasteiger partial charge in [0.1, 0.15) is 6.04 Å². The van der Waals surface area contributed by atoms with Crippen LogP contribution in [0.15, 0.2) is 24.3 Å². The fraction of sp³-hybridized carbons (Fsp3) is 0.550. The molecule has 1 N–H and O–H groups in total. The zero-order valence-electron chi connectivity index (χ0n) is 16.0. The zero-order valence-corrected chi connectivity index (χ0v) is 16.0. The second kappa shape index (κ2) is 8.34. The van der Waals surface area contributed by atoms with Gasteiger partial charge in [0, 0.05) is 18.5 Å². The molecule has 142 valence electrons. The van der Waals surface area contributed by atoms with E-state index in [9.17, 15) is 14.4 Å². The maximum Gasteiger partial charge on any atom is 0.337 e. The molecular formula is C20H28N2O4. The summed E-state index contributed by atoms with van der Waals surface area (Å²) < 4.78 is 4.67. The highest BCUT2D eigenvalue weighted by Gasteiger charge is 2.38. The first-order valence-corrected chi connectivity index (χ1v) is 9.00. The number of amides is 2. The number of rotatable bonds is 5. The number of carbonyl (C=O) groups excluding carboxylic acids is 3. The molecule has 26 heavy (non-hydrogen) atoms. The van der Waals surface area contributed by atoms with E-state index in [1.165, 1.54) is 7.11 Å². The standard InChI is InChI=1S/C20H28N2O4/c1-20(2,3)19(25)22-13-5-6-16(22)17(23)21-12-11-14-7-9-15(10-8-14)18(24)26-4/h7-10,16H,5-6,11-13H2,1-4H3,(H,21,23). The van der Waals surface area contributed by atoms with Crippen LogP contribution in [0.5, 0.6) is 0 Å². The van der Waals surface area contributed by atoms with Crippen LogP contribution in [0.2, 0.25) is 0 Å². The molecule has 1 heterocycles. The number of likely N-dealkylation sites (tertiary alicyclic amines) is 1. The summed E-state index contributed by atoms with van der Waals surface area (Å²) in [6.45, 7) is 6.76. The lowest BCUT2D eigenvalue weighted by Gasteiger charge is -2.30. The van der Waals surface area contributed by atoms with Gasteiger partial charge in [-0.25, -0.2) is 4.79 Å². The number of carbonyl (C=O) groups is 3. The van der Waals surface area contributed by atoms with Crippen LogP contribution in [0.1, 0.15) is 49.5 Å². The number of hydrogen-bond donors (Lipinski definition) is 1. The molecule has 0 radical (unpaired) electrons. The summed E-state index contributed by atoms with van der Waals surface area (Å²) in [5, 5.41) is 2.93. The molecule has 0 saturated carbocycles. The molecule has 1 aliphatic rings. The largest absolute Gasteiger partial charge is 0.465 e. The molecule has 6 heteroatoms. The minimum Gasteiger partial charge on any atom is -0.465 e. The topological polar surface area (TPSA) is 75.7 Å². The van der Waals surface area contributed by atoms with Gasteiger partial charge in [0.25, 0.3) is 0 Å². The van der Waals surface area contributed by atoms with Crippen molar-refractivity contribution in [1.29, 1.82) is 0 Å². The number of benzene rings is 1. The Morgan fingerprint density at radius 1 is 1.19 bits per heavy atom. The van der Waals surface area contributed by atoms with Crippen molar-refractivity contribution in [2.24, 2.45) is 5.41 Å². The van der Waals surface area contributed by atoms with Crippen molar-refractivity contribution in [3.63, 3.8) is 0 Å². The molecule has 0 aliphatic carbocycles.